The van der Waals surface area contributed by atoms with Crippen LogP contribution in [0.5, 0.6) is 0 Å². The number of aryl methyl sites for hydroxylation is 1. The maximum atomic E-state index is 13.4. The molecule has 6 nitrogen and oxygen atoms in total. The van der Waals surface area contributed by atoms with Crippen molar-refractivity contribution in [3.63, 3.8) is 0 Å². The number of hydrogen-bond donors (Lipinski definition) is 2. The van der Waals surface area contributed by atoms with E-state index in [1.54, 1.807) is 31.2 Å². The van der Waals surface area contributed by atoms with Gasteiger partial charge in [-0.15, -0.1) is 0 Å². The van der Waals surface area contributed by atoms with Crippen molar-refractivity contribution in [1.29, 1.82) is 0 Å². The Kier molecular flexibility index (Phi) is 4.71. The molecule has 0 radical (unpaired) electrons. The molecule has 0 fully saturated rings. The number of aromatic nitrogens is 2. The zero-order valence-corrected chi connectivity index (χ0v) is 12.6. The van der Waals surface area contributed by atoms with Crippen LogP contribution in [0.3, 0.4) is 0 Å². The third-order valence-electron chi connectivity index (χ3n) is 2.91. The van der Waals surface area contributed by atoms with Gasteiger partial charge in [0.2, 0.25) is 10.0 Å². The summed E-state index contributed by atoms with van der Waals surface area (Å²) in [6.45, 7) is 0.440. The molecule has 8 heteroatoms. The van der Waals surface area contributed by atoms with Crippen molar-refractivity contribution in [1.82, 2.24) is 19.8 Å². The van der Waals surface area contributed by atoms with Crippen LogP contribution in [0.4, 0.5) is 4.39 Å². The van der Waals surface area contributed by atoms with Crippen molar-refractivity contribution >= 4 is 10.0 Å². The Morgan fingerprint density at radius 2 is 2.10 bits per heavy atom. The van der Waals surface area contributed by atoms with Crippen LogP contribution in [-0.4, -0.2) is 25.2 Å². The van der Waals surface area contributed by atoms with Gasteiger partial charge in [-0.05, 0) is 24.7 Å². The van der Waals surface area contributed by atoms with E-state index in [2.05, 4.69) is 15.1 Å². The number of benzene rings is 1. The third-order valence-corrected chi connectivity index (χ3v) is 4.39. The van der Waals surface area contributed by atoms with Gasteiger partial charge in [0.15, 0.2) is 0 Å². The lowest BCUT2D eigenvalue weighted by Crippen LogP contribution is -2.25. The van der Waals surface area contributed by atoms with Gasteiger partial charge in [-0.3, -0.25) is 4.68 Å². The van der Waals surface area contributed by atoms with E-state index in [0.29, 0.717) is 12.1 Å². The van der Waals surface area contributed by atoms with Crippen molar-refractivity contribution in [2.45, 2.75) is 18.0 Å². The smallest absolute Gasteiger partial charge is 0.241 e. The molecule has 0 saturated carbocycles. The van der Waals surface area contributed by atoms with Gasteiger partial charge in [0.05, 0.1) is 11.1 Å². The summed E-state index contributed by atoms with van der Waals surface area (Å²) >= 11 is 0. The van der Waals surface area contributed by atoms with E-state index < -0.39 is 15.8 Å². The summed E-state index contributed by atoms with van der Waals surface area (Å²) in [6.07, 6.45) is 3.28. The minimum absolute atomic E-state index is 0.0549. The highest BCUT2D eigenvalue weighted by Crippen LogP contribution is 2.17. The molecule has 114 valence electrons. The normalized spacial score (nSPS) is 11.8. The summed E-state index contributed by atoms with van der Waals surface area (Å²) < 4.78 is 42.1. The van der Waals surface area contributed by atoms with Crippen LogP contribution in [0.1, 0.15) is 11.1 Å². The minimum atomic E-state index is -3.79. The van der Waals surface area contributed by atoms with Crippen LogP contribution in [-0.2, 0) is 30.2 Å². The second-order valence-electron chi connectivity index (χ2n) is 4.63. The summed E-state index contributed by atoms with van der Waals surface area (Å²) in [5.41, 5.74) is 1.24. The molecule has 0 spiro atoms. The number of rotatable bonds is 6. The topological polar surface area (TPSA) is 76.0 Å². The van der Waals surface area contributed by atoms with Crippen molar-refractivity contribution in [3.8, 4) is 0 Å². The first kappa shape index (κ1) is 15.6. The Morgan fingerprint density at radius 1 is 1.33 bits per heavy atom. The predicted octanol–water partition coefficient (Wildman–Crippen LogP) is 0.757. The molecule has 1 aromatic carbocycles. The van der Waals surface area contributed by atoms with E-state index in [1.807, 2.05) is 0 Å². The van der Waals surface area contributed by atoms with Crippen LogP contribution in [0.15, 0.2) is 35.5 Å². The lowest BCUT2D eigenvalue weighted by Gasteiger charge is -2.11. The molecule has 2 N–H and O–H groups in total. The SMILES string of the molecule is CNCc1ccc(F)cc1S(=O)(=O)NCc1cnn(C)c1. The monoisotopic (exact) mass is 312 g/mol. The summed E-state index contributed by atoms with van der Waals surface area (Å²) in [4.78, 5) is -0.0549. The molecule has 0 atom stereocenters. The highest BCUT2D eigenvalue weighted by Gasteiger charge is 2.19. The summed E-state index contributed by atoms with van der Waals surface area (Å²) in [7, 11) is -0.349. The number of nitrogens with one attached hydrogen (secondary N) is 2. The van der Waals surface area contributed by atoms with E-state index in [0.717, 1.165) is 11.6 Å². The van der Waals surface area contributed by atoms with Crippen molar-refractivity contribution in [2.24, 2.45) is 7.05 Å². The van der Waals surface area contributed by atoms with E-state index in [9.17, 15) is 12.8 Å². The molecule has 1 heterocycles. The zero-order chi connectivity index (χ0) is 15.5. The second-order valence-corrected chi connectivity index (χ2v) is 6.36. The second kappa shape index (κ2) is 6.33. The first-order valence-corrected chi connectivity index (χ1v) is 7.81. The van der Waals surface area contributed by atoms with Gasteiger partial charge in [-0.25, -0.2) is 17.5 Å². The lowest BCUT2D eigenvalue weighted by atomic mass is 10.2. The minimum Gasteiger partial charge on any atom is -0.316 e. The first-order valence-electron chi connectivity index (χ1n) is 6.32. The number of nitrogens with zero attached hydrogens (tertiary/aromatic N) is 2. The fourth-order valence-corrected chi connectivity index (χ4v) is 3.20. The number of sulfonamides is 1. The van der Waals surface area contributed by atoms with Crippen LogP contribution in [0.25, 0.3) is 0 Å². The average Bonchev–Trinajstić information content (AvgIpc) is 2.85. The van der Waals surface area contributed by atoms with Crippen LogP contribution in [0, 0.1) is 5.82 Å². The Hall–Kier alpha value is -1.77. The van der Waals surface area contributed by atoms with Gasteiger partial charge in [-0.2, -0.15) is 5.10 Å². The fraction of sp³-hybridized carbons (Fsp3) is 0.308. The molecule has 0 unspecified atom stereocenters. The predicted molar refractivity (Wildman–Crippen MR) is 76.4 cm³/mol. The summed E-state index contributed by atoms with van der Waals surface area (Å²) in [6, 6.07) is 3.73. The summed E-state index contributed by atoms with van der Waals surface area (Å²) in [5, 5.41) is 6.83. The van der Waals surface area contributed by atoms with Gasteiger partial charge < -0.3 is 5.32 Å². The number of halogens is 1. The zero-order valence-electron chi connectivity index (χ0n) is 11.8. The molecule has 0 aliphatic heterocycles. The maximum absolute atomic E-state index is 13.4. The van der Waals surface area contributed by atoms with E-state index in [-0.39, 0.29) is 11.4 Å². The molecule has 0 bridgehead atoms. The highest BCUT2D eigenvalue weighted by atomic mass is 32.2. The molecule has 0 saturated heterocycles. The van der Waals surface area contributed by atoms with Crippen molar-refractivity contribution in [3.05, 3.63) is 47.5 Å². The Labute approximate surface area is 123 Å². The molecule has 1 aromatic heterocycles. The van der Waals surface area contributed by atoms with Crippen LogP contribution < -0.4 is 10.0 Å². The molecule has 0 amide bonds. The van der Waals surface area contributed by atoms with Gasteiger partial charge in [0.1, 0.15) is 5.82 Å². The molecule has 21 heavy (non-hydrogen) atoms. The van der Waals surface area contributed by atoms with Gasteiger partial charge in [-0.1, -0.05) is 6.07 Å². The molecule has 2 aromatic rings. The van der Waals surface area contributed by atoms with E-state index in [1.165, 1.54) is 12.1 Å². The third kappa shape index (κ3) is 3.87. The van der Waals surface area contributed by atoms with E-state index in [4.69, 9.17) is 0 Å². The maximum Gasteiger partial charge on any atom is 0.241 e. The molecular weight excluding hydrogens is 295 g/mol. The molecule has 0 aliphatic carbocycles. The number of hydrogen-bond acceptors (Lipinski definition) is 4. The quantitative estimate of drug-likeness (QED) is 0.825. The van der Waals surface area contributed by atoms with Crippen LogP contribution >= 0.6 is 0 Å². The standard InChI is InChI=1S/C13H17FN4O2S/c1-15-8-11-3-4-12(14)5-13(11)21(19,20)17-7-10-6-16-18(2)9-10/h3-6,9,15,17H,7-8H2,1-2H3. The molecule has 0 aliphatic rings. The van der Waals surface area contributed by atoms with Crippen molar-refractivity contribution < 1.29 is 12.8 Å². The molecule has 2 rings (SSSR count). The largest absolute Gasteiger partial charge is 0.316 e. The van der Waals surface area contributed by atoms with Gasteiger partial charge in [0, 0.05) is 31.9 Å². The van der Waals surface area contributed by atoms with Crippen molar-refractivity contribution in [2.75, 3.05) is 7.05 Å². The Morgan fingerprint density at radius 3 is 2.71 bits per heavy atom. The first-order chi connectivity index (χ1) is 9.92. The average molecular weight is 312 g/mol. The van der Waals surface area contributed by atoms with Gasteiger partial charge >= 0.3 is 0 Å². The fourth-order valence-electron chi connectivity index (χ4n) is 1.93. The van der Waals surface area contributed by atoms with Crippen LogP contribution in [0.2, 0.25) is 0 Å². The lowest BCUT2D eigenvalue weighted by molar-refractivity contribution is 0.574. The molecular formula is C13H17FN4O2S. The van der Waals surface area contributed by atoms with E-state index >= 15 is 0 Å². The van der Waals surface area contributed by atoms with Gasteiger partial charge in [0.25, 0.3) is 0 Å². The Bertz CT molecular complexity index is 728. The highest BCUT2D eigenvalue weighted by molar-refractivity contribution is 7.89. The summed E-state index contributed by atoms with van der Waals surface area (Å²) in [5.74, 6) is -0.586. The Balaban J connectivity index is 2.24.